The third-order valence-corrected chi connectivity index (χ3v) is 5.85. The van der Waals surface area contributed by atoms with Crippen LogP contribution in [-0.2, 0) is 4.74 Å². The maximum absolute atomic E-state index is 6.93. The third kappa shape index (κ3) is 2.18. The van der Waals surface area contributed by atoms with Crippen molar-refractivity contribution in [1.29, 1.82) is 0 Å². The topological polar surface area (TPSA) is 38.5 Å². The van der Waals surface area contributed by atoms with Crippen LogP contribution in [0.1, 0.15) is 33.6 Å². The maximum atomic E-state index is 6.93. The van der Waals surface area contributed by atoms with Crippen molar-refractivity contribution in [3.05, 3.63) is 30.3 Å². The van der Waals surface area contributed by atoms with Gasteiger partial charge in [0.15, 0.2) is 0 Å². The zero-order chi connectivity index (χ0) is 15.1. The first-order valence-electron chi connectivity index (χ1n) is 8.21. The van der Waals surface area contributed by atoms with Gasteiger partial charge in [-0.25, -0.2) is 0 Å². The van der Waals surface area contributed by atoms with Gasteiger partial charge < -0.3 is 15.4 Å². The van der Waals surface area contributed by atoms with Gasteiger partial charge in [0.25, 0.3) is 0 Å². The van der Waals surface area contributed by atoms with Crippen molar-refractivity contribution in [3.63, 3.8) is 0 Å². The van der Waals surface area contributed by atoms with Gasteiger partial charge in [-0.1, -0.05) is 32.0 Å². The Bertz CT molecular complexity index is 487. The molecule has 1 saturated heterocycles. The van der Waals surface area contributed by atoms with Crippen LogP contribution in [0.3, 0.4) is 0 Å². The van der Waals surface area contributed by atoms with Gasteiger partial charge in [-0.15, -0.1) is 0 Å². The van der Waals surface area contributed by atoms with Crippen molar-refractivity contribution in [2.24, 2.45) is 17.1 Å². The maximum Gasteiger partial charge on any atom is 0.0690 e. The molecule has 3 unspecified atom stereocenters. The van der Waals surface area contributed by atoms with Crippen LogP contribution in [0.2, 0.25) is 0 Å². The normalized spacial score (nSPS) is 33.9. The van der Waals surface area contributed by atoms with Crippen molar-refractivity contribution in [2.75, 3.05) is 24.6 Å². The lowest BCUT2D eigenvalue weighted by Gasteiger charge is -2.67. The minimum Gasteiger partial charge on any atom is -0.377 e. The molecule has 1 aromatic rings. The summed E-state index contributed by atoms with van der Waals surface area (Å²) in [5.41, 5.74) is 8.07. The monoisotopic (exact) mass is 288 g/mol. The number of nitrogens with zero attached hydrogens (tertiary/aromatic N) is 1. The van der Waals surface area contributed by atoms with Crippen LogP contribution >= 0.6 is 0 Å². The van der Waals surface area contributed by atoms with Crippen LogP contribution in [-0.4, -0.2) is 31.3 Å². The standard InChI is InChI=1S/C18H28N2O/c1-4-20(14-9-6-5-7-10-14)13-18(19)15-11-8-12-21-16(15)17(18,2)3/h5-7,9-10,15-16H,4,8,11-13,19H2,1-3H3. The highest BCUT2D eigenvalue weighted by molar-refractivity contribution is 5.47. The van der Waals surface area contributed by atoms with E-state index in [1.165, 1.54) is 12.1 Å². The van der Waals surface area contributed by atoms with Crippen molar-refractivity contribution in [3.8, 4) is 0 Å². The molecule has 21 heavy (non-hydrogen) atoms. The highest BCUT2D eigenvalue weighted by atomic mass is 16.5. The molecule has 0 bridgehead atoms. The van der Waals surface area contributed by atoms with E-state index < -0.39 is 0 Å². The van der Waals surface area contributed by atoms with Crippen molar-refractivity contribution in [2.45, 2.75) is 45.3 Å². The van der Waals surface area contributed by atoms with Gasteiger partial charge in [-0.2, -0.15) is 0 Å². The van der Waals surface area contributed by atoms with Crippen LogP contribution in [0.4, 0.5) is 5.69 Å². The Hall–Kier alpha value is -1.06. The fraction of sp³-hybridized carbons (Fsp3) is 0.667. The molecule has 3 rings (SSSR count). The summed E-state index contributed by atoms with van der Waals surface area (Å²) >= 11 is 0. The van der Waals surface area contributed by atoms with E-state index in [9.17, 15) is 0 Å². The zero-order valence-corrected chi connectivity index (χ0v) is 13.5. The van der Waals surface area contributed by atoms with Crippen LogP contribution in [0.25, 0.3) is 0 Å². The second-order valence-electron chi connectivity index (χ2n) is 7.15. The summed E-state index contributed by atoms with van der Waals surface area (Å²) in [6.45, 7) is 9.55. The van der Waals surface area contributed by atoms with Crippen LogP contribution < -0.4 is 10.6 Å². The summed E-state index contributed by atoms with van der Waals surface area (Å²) in [6.07, 6.45) is 2.69. The molecular weight excluding hydrogens is 260 g/mol. The van der Waals surface area contributed by atoms with Crippen LogP contribution in [0.5, 0.6) is 0 Å². The lowest BCUT2D eigenvalue weighted by Crippen LogP contribution is -2.80. The predicted molar refractivity (Wildman–Crippen MR) is 87.5 cm³/mol. The van der Waals surface area contributed by atoms with E-state index >= 15 is 0 Å². The number of hydrogen-bond donors (Lipinski definition) is 1. The molecule has 1 aromatic carbocycles. The van der Waals surface area contributed by atoms with E-state index in [-0.39, 0.29) is 11.0 Å². The second-order valence-corrected chi connectivity index (χ2v) is 7.15. The molecule has 1 aliphatic heterocycles. The Balaban J connectivity index is 1.82. The Morgan fingerprint density at radius 3 is 2.67 bits per heavy atom. The summed E-state index contributed by atoms with van der Waals surface area (Å²) in [5, 5.41) is 0. The molecule has 0 amide bonds. The number of para-hydroxylation sites is 1. The molecule has 0 spiro atoms. The summed E-state index contributed by atoms with van der Waals surface area (Å²) in [5.74, 6) is 0.499. The molecular formula is C18H28N2O. The molecule has 2 aliphatic rings. The smallest absolute Gasteiger partial charge is 0.0690 e. The lowest BCUT2D eigenvalue weighted by atomic mass is 9.46. The predicted octanol–water partition coefficient (Wildman–Crippen LogP) is 3.05. The Morgan fingerprint density at radius 2 is 2.00 bits per heavy atom. The van der Waals surface area contributed by atoms with E-state index in [2.05, 4.69) is 56.0 Å². The van der Waals surface area contributed by atoms with Crippen molar-refractivity contribution >= 4 is 5.69 Å². The first kappa shape index (κ1) is 14.9. The number of benzene rings is 1. The van der Waals surface area contributed by atoms with Gasteiger partial charge in [-0.05, 0) is 31.9 Å². The Morgan fingerprint density at radius 1 is 1.29 bits per heavy atom. The van der Waals surface area contributed by atoms with Crippen LogP contribution in [0.15, 0.2) is 30.3 Å². The lowest BCUT2D eigenvalue weighted by molar-refractivity contribution is -0.224. The Kier molecular flexibility index (Phi) is 3.74. The van der Waals surface area contributed by atoms with Crippen LogP contribution in [0, 0.1) is 11.3 Å². The molecule has 3 atom stereocenters. The fourth-order valence-electron chi connectivity index (χ4n) is 4.33. The molecule has 2 N–H and O–H groups in total. The summed E-state index contributed by atoms with van der Waals surface area (Å²) in [6, 6.07) is 10.6. The minimum atomic E-state index is -0.163. The molecule has 2 fully saturated rings. The molecule has 116 valence electrons. The third-order valence-electron chi connectivity index (χ3n) is 5.85. The number of nitrogens with two attached hydrogens (primary N) is 1. The van der Waals surface area contributed by atoms with Gasteiger partial charge >= 0.3 is 0 Å². The van der Waals surface area contributed by atoms with E-state index in [0.717, 1.165) is 26.1 Å². The number of fused-ring (bicyclic) bond motifs is 1. The summed E-state index contributed by atoms with van der Waals surface area (Å²) in [7, 11) is 0. The number of rotatable bonds is 4. The molecule has 1 saturated carbocycles. The SMILES string of the molecule is CCN(CC1(N)C2CCCOC2C1(C)C)c1ccccc1. The molecule has 0 aromatic heterocycles. The number of ether oxygens (including phenoxy) is 1. The van der Waals surface area contributed by atoms with E-state index in [1.54, 1.807) is 0 Å². The van der Waals surface area contributed by atoms with Crippen molar-refractivity contribution < 1.29 is 4.74 Å². The van der Waals surface area contributed by atoms with E-state index in [0.29, 0.717) is 12.0 Å². The number of anilines is 1. The minimum absolute atomic E-state index is 0.0420. The number of hydrogen-bond acceptors (Lipinski definition) is 3. The zero-order valence-electron chi connectivity index (χ0n) is 13.5. The summed E-state index contributed by atoms with van der Waals surface area (Å²) in [4.78, 5) is 2.41. The van der Waals surface area contributed by atoms with Gasteiger partial charge in [0.2, 0.25) is 0 Å². The first-order chi connectivity index (χ1) is 10.0. The van der Waals surface area contributed by atoms with E-state index in [4.69, 9.17) is 10.5 Å². The largest absolute Gasteiger partial charge is 0.377 e. The quantitative estimate of drug-likeness (QED) is 0.925. The highest BCUT2D eigenvalue weighted by Gasteiger charge is 2.66. The fourth-order valence-corrected chi connectivity index (χ4v) is 4.33. The molecule has 1 aliphatic carbocycles. The number of likely N-dealkylation sites (N-methyl/N-ethyl adjacent to an activating group) is 1. The van der Waals surface area contributed by atoms with Gasteiger partial charge in [0, 0.05) is 42.3 Å². The second kappa shape index (κ2) is 5.29. The molecule has 1 heterocycles. The van der Waals surface area contributed by atoms with Crippen molar-refractivity contribution in [1.82, 2.24) is 0 Å². The highest BCUT2D eigenvalue weighted by Crippen LogP contribution is 2.57. The molecule has 0 radical (unpaired) electrons. The average Bonchev–Trinajstić information content (AvgIpc) is 2.53. The molecule has 3 heteroatoms. The molecule has 3 nitrogen and oxygen atoms in total. The summed E-state index contributed by atoms with van der Waals surface area (Å²) < 4.78 is 6.01. The van der Waals surface area contributed by atoms with E-state index in [1.807, 2.05) is 0 Å². The van der Waals surface area contributed by atoms with Gasteiger partial charge in [0.05, 0.1) is 6.10 Å². The Labute approximate surface area is 128 Å². The first-order valence-corrected chi connectivity index (χ1v) is 8.21. The van der Waals surface area contributed by atoms with Gasteiger partial charge in [0.1, 0.15) is 0 Å². The average molecular weight is 288 g/mol. The van der Waals surface area contributed by atoms with Gasteiger partial charge in [-0.3, -0.25) is 0 Å².